The van der Waals surface area contributed by atoms with Gasteiger partial charge in [0.2, 0.25) is 0 Å². The van der Waals surface area contributed by atoms with Crippen molar-refractivity contribution in [3.8, 4) is 0 Å². The first-order valence-electron chi connectivity index (χ1n) is 5.42. The van der Waals surface area contributed by atoms with Gasteiger partial charge >= 0.3 is 6.18 Å². The summed E-state index contributed by atoms with van der Waals surface area (Å²) in [5, 5.41) is 0.721. The second kappa shape index (κ2) is 6.61. The molecule has 0 radical (unpaired) electrons. The molecule has 1 amide bonds. The summed E-state index contributed by atoms with van der Waals surface area (Å²) in [7, 11) is 0. The predicted octanol–water partition coefficient (Wildman–Crippen LogP) is 4.05. The maximum absolute atomic E-state index is 12.4. The molecule has 106 valence electrons. The van der Waals surface area contributed by atoms with Crippen LogP contribution in [0.25, 0.3) is 0 Å². The van der Waals surface area contributed by atoms with E-state index in [2.05, 4.69) is 15.9 Å². The molecule has 1 rings (SSSR count). The molecule has 19 heavy (non-hydrogen) atoms. The Hall–Kier alpha value is -0.750. The van der Waals surface area contributed by atoms with E-state index in [9.17, 15) is 18.0 Å². The standard InChI is InChI=1S/C12H12BrClF3NO/c1-8-6-9(14)2-3-10(8)11(19)18(5-4-13)7-12(15,16)17/h2-3,6H,4-5,7H2,1H3. The number of aryl methyl sites for hydroxylation is 1. The molecular formula is C12H12BrClF3NO. The topological polar surface area (TPSA) is 20.3 Å². The minimum Gasteiger partial charge on any atom is -0.329 e. The lowest BCUT2D eigenvalue weighted by atomic mass is 10.1. The largest absolute Gasteiger partial charge is 0.406 e. The van der Waals surface area contributed by atoms with Crippen LogP contribution in [0.4, 0.5) is 13.2 Å². The molecule has 0 aliphatic carbocycles. The first-order chi connectivity index (χ1) is 8.74. The highest BCUT2D eigenvalue weighted by atomic mass is 79.9. The number of carbonyl (C=O) groups is 1. The summed E-state index contributed by atoms with van der Waals surface area (Å²) in [5.41, 5.74) is 0.786. The molecule has 0 unspecified atom stereocenters. The number of alkyl halides is 4. The van der Waals surface area contributed by atoms with Gasteiger partial charge in [0.05, 0.1) is 0 Å². The lowest BCUT2D eigenvalue weighted by Crippen LogP contribution is -2.40. The van der Waals surface area contributed by atoms with E-state index in [4.69, 9.17) is 11.6 Å². The summed E-state index contributed by atoms with van der Waals surface area (Å²) in [5.74, 6) is -0.647. The molecular weight excluding hydrogens is 346 g/mol. The van der Waals surface area contributed by atoms with Gasteiger partial charge in [0.1, 0.15) is 6.54 Å². The fraction of sp³-hybridized carbons (Fsp3) is 0.417. The van der Waals surface area contributed by atoms with Gasteiger partial charge in [-0.2, -0.15) is 13.2 Å². The normalized spacial score (nSPS) is 11.5. The Morgan fingerprint density at radius 1 is 1.42 bits per heavy atom. The van der Waals surface area contributed by atoms with Crippen molar-refractivity contribution in [2.75, 3.05) is 18.4 Å². The van der Waals surface area contributed by atoms with Crippen LogP contribution in [-0.2, 0) is 0 Å². The van der Waals surface area contributed by atoms with Gasteiger partial charge in [-0.05, 0) is 30.7 Å². The molecule has 7 heteroatoms. The van der Waals surface area contributed by atoms with Gasteiger partial charge in [0, 0.05) is 22.5 Å². The number of hydrogen-bond donors (Lipinski definition) is 0. The van der Waals surface area contributed by atoms with Crippen LogP contribution in [0.15, 0.2) is 18.2 Å². The smallest absolute Gasteiger partial charge is 0.329 e. The molecule has 0 aliphatic rings. The Balaban J connectivity index is 2.99. The van der Waals surface area contributed by atoms with Crippen molar-refractivity contribution in [3.63, 3.8) is 0 Å². The van der Waals surface area contributed by atoms with Crippen molar-refractivity contribution >= 4 is 33.4 Å². The number of carbonyl (C=O) groups excluding carboxylic acids is 1. The van der Waals surface area contributed by atoms with Crippen molar-refractivity contribution in [1.82, 2.24) is 4.90 Å². The summed E-state index contributed by atoms with van der Waals surface area (Å²) in [6.45, 7) is 0.360. The number of amides is 1. The molecule has 2 nitrogen and oxygen atoms in total. The van der Waals surface area contributed by atoms with E-state index in [1.807, 2.05) is 0 Å². The van der Waals surface area contributed by atoms with E-state index < -0.39 is 18.6 Å². The predicted molar refractivity (Wildman–Crippen MR) is 71.9 cm³/mol. The van der Waals surface area contributed by atoms with Gasteiger partial charge in [0.15, 0.2) is 0 Å². The third-order valence-corrected chi connectivity index (χ3v) is 3.02. The van der Waals surface area contributed by atoms with Gasteiger partial charge in [-0.15, -0.1) is 0 Å². The second-order valence-electron chi connectivity index (χ2n) is 3.99. The Bertz CT molecular complexity index is 465. The zero-order valence-electron chi connectivity index (χ0n) is 10.1. The summed E-state index contributed by atoms with van der Waals surface area (Å²) >= 11 is 8.80. The van der Waals surface area contributed by atoms with E-state index in [-0.39, 0.29) is 17.4 Å². The van der Waals surface area contributed by atoms with E-state index in [0.717, 1.165) is 4.90 Å². The van der Waals surface area contributed by atoms with Gasteiger partial charge in [-0.1, -0.05) is 27.5 Å². The fourth-order valence-electron chi connectivity index (χ4n) is 1.61. The van der Waals surface area contributed by atoms with Crippen molar-refractivity contribution in [3.05, 3.63) is 34.3 Å². The number of rotatable bonds is 4. The first kappa shape index (κ1) is 16.3. The molecule has 0 aromatic heterocycles. The number of hydrogen-bond acceptors (Lipinski definition) is 1. The lowest BCUT2D eigenvalue weighted by Gasteiger charge is -2.24. The third-order valence-electron chi connectivity index (χ3n) is 2.43. The summed E-state index contributed by atoms with van der Waals surface area (Å²) in [4.78, 5) is 12.9. The van der Waals surface area contributed by atoms with Crippen molar-refractivity contribution in [1.29, 1.82) is 0 Å². The number of benzene rings is 1. The molecule has 0 atom stereocenters. The minimum absolute atomic E-state index is 0.0135. The average Bonchev–Trinajstić information content (AvgIpc) is 2.26. The second-order valence-corrected chi connectivity index (χ2v) is 5.22. The summed E-state index contributed by atoms with van der Waals surface area (Å²) < 4.78 is 37.3. The lowest BCUT2D eigenvalue weighted by molar-refractivity contribution is -0.140. The molecule has 1 aromatic carbocycles. The van der Waals surface area contributed by atoms with Gasteiger partial charge in [0.25, 0.3) is 5.91 Å². The molecule has 0 fully saturated rings. The van der Waals surface area contributed by atoms with Crippen LogP contribution in [-0.4, -0.2) is 35.4 Å². The Labute approximate surface area is 122 Å². The highest BCUT2D eigenvalue weighted by Crippen LogP contribution is 2.21. The van der Waals surface area contributed by atoms with E-state index in [1.54, 1.807) is 13.0 Å². The zero-order chi connectivity index (χ0) is 14.6. The van der Waals surface area contributed by atoms with Crippen molar-refractivity contribution < 1.29 is 18.0 Å². The summed E-state index contributed by atoms with van der Waals surface area (Å²) in [6, 6.07) is 4.48. The SMILES string of the molecule is Cc1cc(Cl)ccc1C(=O)N(CCBr)CC(F)(F)F. The minimum atomic E-state index is -4.42. The van der Waals surface area contributed by atoms with Gasteiger partial charge < -0.3 is 4.90 Å². The van der Waals surface area contributed by atoms with Crippen LogP contribution >= 0.6 is 27.5 Å². The molecule has 0 aliphatic heterocycles. The van der Waals surface area contributed by atoms with Crippen LogP contribution in [0, 0.1) is 6.92 Å². The summed E-state index contributed by atoms with van der Waals surface area (Å²) in [6.07, 6.45) is -4.42. The van der Waals surface area contributed by atoms with Crippen LogP contribution in [0.2, 0.25) is 5.02 Å². The quantitative estimate of drug-likeness (QED) is 0.744. The van der Waals surface area contributed by atoms with Crippen molar-refractivity contribution in [2.24, 2.45) is 0 Å². The monoisotopic (exact) mass is 357 g/mol. The van der Waals surface area contributed by atoms with Crippen LogP contribution in [0.5, 0.6) is 0 Å². The average molecular weight is 359 g/mol. The molecule has 0 spiro atoms. The van der Waals surface area contributed by atoms with E-state index in [0.29, 0.717) is 10.6 Å². The van der Waals surface area contributed by atoms with Crippen LogP contribution in [0.1, 0.15) is 15.9 Å². The molecule has 0 saturated heterocycles. The first-order valence-corrected chi connectivity index (χ1v) is 6.92. The molecule has 0 bridgehead atoms. The third kappa shape index (κ3) is 5.03. The molecule has 0 saturated carbocycles. The Morgan fingerprint density at radius 2 is 2.05 bits per heavy atom. The maximum atomic E-state index is 12.4. The Morgan fingerprint density at radius 3 is 2.53 bits per heavy atom. The van der Waals surface area contributed by atoms with Crippen LogP contribution in [0.3, 0.4) is 0 Å². The number of halogens is 5. The Kier molecular flexibility index (Phi) is 5.67. The fourth-order valence-corrected chi connectivity index (χ4v) is 2.26. The number of nitrogens with zero attached hydrogens (tertiary/aromatic N) is 1. The van der Waals surface area contributed by atoms with Gasteiger partial charge in [-0.3, -0.25) is 4.79 Å². The highest BCUT2D eigenvalue weighted by Gasteiger charge is 2.33. The van der Waals surface area contributed by atoms with Crippen molar-refractivity contribution in [2.45, 2.75) is 13.1 Å². The van der Waals surface area contributed by atoms with Gasteiger partial charge in [-0.25, -0.2) is 0 Å². The molecule has 1 aromatic rings. The molecule has 0 heterocycles. The van der Waals surface area contributed by atoms with E-state index >= 15 is 0 Å². The van der Waals surface area contributed by atoms with E-state index in [1.165, 1.54) is 12.1 Å². The molecule has 0 N–H and O–H groups in total. The maximum Gasteiger partial charge on any atom is 0.406 e. The highest BCUT2D eigenvalue weighted by molar-refractivity contribution is 9.09. The van der Waals surface area contributed by atoms with Crippen LogP contribution < -0.4 is 0 Å². The zero-order valence-corrected chi connectivity index (χ0v) is 12.4.